The highest BCUT2D eigenvalue weighted by molar-refractivity contribution is 5.82. The Kier molecular flexibility index (Phi) is 2.24. The van der Waals surface area contributed by atoms with Gasteiger partial charge in [0.1, 0.15) is 11.6 Å². The van der Waals surface area contributed by atoms with Crippen LogP contribution in [0, 0.1) is 0 Å². The lowest BCUT2D eigenvalue weighted by Crippen LogP contribution is -2.25. The van der Waals surface area contributed by atoms with E-state index in [2.05, 4.69) is 19.9 Å². The number of ether oxygens (including phenoxy) is 2. The number of methoxy groups -OCH3 is 1. The molecule has 0 atom stereocenters. The Labute approximate surface area is 97.4 Å². The molecule has 0 aliphatic heterocycles. The van der Waals surface area contributed by atoms with E-state index in [1.54, 1.807) is 0 Å². The first-order valence-corrected chi connectivity index (χ1v) is 5.50. The highest BCUT2D eigenvalue weighted by Crippen LogP contribution is 2.26. The minimum Gasteiger partial charge on any atom is -0.468 e. The number of hydrogen-bond acceptors (Lipinski definition) is 6. The summed E-state index contributed by atoms with van der Waals surface area (Å²) in [6, 6.07) is 0.649. The third-order valence-corrected chi connectivity index (χ3v) is 2.85. The molecule has 0 radical (unpaired) electrons. The maximum atomic E-state index is 5.80. The van der Waals surface area contributed by atoms with Gasteiger partial charge in [-0.2, -0.15) is 15.0 Å². The van der Waals surface area contributed by atoms with Gasteiger partial charge >= 0.3 is 6.01 Å². The van der Waals surface area contributed by atoms with Crippen molar-refractivity contribution in [2.45, 2.75) is 25.4 Å². The van der Waals surface area contributed by atoms with E-state index in [1.807, 2.05) is 0 Å². The minimum atomic E-state index is 0.215. The fourth-order valence-corrected chi connectivity index (χ4v) is 1.66. The summed E-state index contributed by atoms with van der Waals surface area (Å²) in [7, 11) is 1.52. The van der Waals surface area contributed by atoms with E-state index in [4.69, 9.17) is 15.2 Å². The zero-order chi connectivity index (χ0) is 11.8. The minimum absolute atomic E-state index is 0.215. The van der Waals surface area contributed by atoms with E-state index in [1.165, 1.54) is 13.5 Å². The molecule has 2 aromatic rings. The monoisotopic (exact) mass is 235 g/mol. The smallest absolute Gasteiger partial charge is 0.320 e. The summed E-state index contributed by atoms with van der Waals surface area (Å²) in [5, 5.41) is 0. The van der Waals surface area contributed by atoms with Crippen LogP contribution in [-0.2, 0) is 0 Å². The number of nitrogen functional groups attached to an aromatic ring is 1. The maximum Gasteiger partial charge on any atom is 0.320 e. The molecule has 3 rings (SSSR count). The molecule has 7 nitrogen and oxygen atoms in total. The molecule has 0 spiro atoms. The number of imidazole rings is 1. The number of fused-ring (bicyclic) bond motifs is 1. The third-order valence-electron chi connectivity index (χ3n) is 2.85. The number of aromatic amines is 1. The second-order valence-corrected chi connectivity index (χ2v) is 4.01. The molecule has 2 aromatic heterocycles. The van der Waals surface area contributed by atoms with Crippen molar-refractivity contribution in [1.29, 1.82) is 0 Å². The van der Waals surface area contributed by atoms with Crippen molar-refractivity contribution in [3.63, 3.8) is 0 Å². The van der Waals surface area contributed by atoms with Crippen molar-refractivity contribution in [1.82, 2.24) is 19.9 Å². The number of rotatable bonds is 3. The number of aromatic nitrogens is 4. The molecular weight excluding hydrogens is 222 g/mol. The van der Waals surface area contributed by atoms with Gasteiger partial charge in [0.25, 0.3) is 6.01 Å². The predicted molar refractivity (Wildman–Crippen MR) is 60.9 cm³/mol. The summed E-state index contributed by atoms with van der Waals surface area (Å²) in [5.74, 6) is 0.320. The molecule has 1 aliphatic rings. The third kappa shape index (κ3) is 1.73. The van der Waals surface area contributed by atoms with Crippen LogP contribution in [-0.4, -0.2) is 33.1 Å². The molecule has 0 aromatic carbocycles. The first-order chi connectivity index (χ1) is 8.26. The molecule has 7 heteroatoms. The summed E-state index contributed by atoms with van der Waals surface area (Å²) in [4.78, 5) is 15.3. The first-order valence-electron chi connectivity index (χ1n) is 5.50. The van der Waals surface area contributed by atoms with Gasteiger partial charge in [-0.3, -0.25) is 0 Å². The average molecular weight is 235 g/mol. The van der Waals surface area contributed by atoms with Gasteiger partial charge in [0.2, 0.25) is 0 Å². The largest absolute Gasteiger partial charge is 0.468 e. The molecule has 0 bridgehead atoms. The zero-order valence-corrected chi connectivity index (χ0v) is 9.43. The zero-order valence-electron chi connectivity index (χ0n) is 9.43. The molecule has 90 valence electrons. The molecule has 1 fully saturated rings. The van der Waals surface area contributed by atoms with Gasteiger partial charge in [-0.25, -0.2) is 0 Å². The van der Waals surface area contributed by atoms with Gasteiger partial charge in [-0.1, -0.05) is 0 Å². The molecule has 0 unspecified atom stereocenters. The molecule has 2 heterocycles. The Hall–Kier alpha value is -2.05. The number of nitrogens with zero attached hydrogens (tertiary/aromatic N) is 3. The Morgan fingerprint density at radius 3 is 2.76 bits per heavy atom. The Bertz CT molecular complexity index is 549. The molecule has 1 aliphatic carbocycles. The van der Waals surface area contributed by atoms with Crippen LogP contribution in [0.1, 0.15) is 19.3 Å². The number of anilines is 1. The quantitative estimate of drug-likeness (QED) is 0.819. The van der Waals surface area contributed by atoms with Crippen molar-refractivity contribution >= 4 is 17.0 Å². The van der Waals surface area contributed by atoms with Crippen LogP contribution in [0.5, 0.6) is 12.0 Å². The van der Waals surface area contributed by atoms with E-state index in [9.17, 15) is 0 Å². The Balaban J connectivity index is 1.97. The van der Waals surface area contributed by atoms with E-state index in [0.717, 1.165) is 12.8 Å². The molecular formula is C10H13N5O2. The first kappa shape index (κ1) is 10.1. The van der Waals surface area contributed by atoms with Gasteiger partial charge in [0.15, 0.2) is 11.5 Å². The van der Waals surface area contributed by atoms with Crippen molar-refractivity contribution in [2.75, 3.05) is 12.8 Å². The molecule has 1 saturated carbocycles. The topological polar surface area (TPSA) is 98.9 Å². The summed E-state index contributed by atoms with van der Waals surface area (Å²) in [6.45, 7) is 0. The molecule has 3 N–H and O–H groups in total. The van der Waals surface area contributed by atoms with Crippen LogP contribution in [0.25, 0.3) is 11.2 Å². The molecule has 17 heavy (non-hydrogen) atoms. The lowest BCUT2D eigenvalue weighted by molar-refractivity contribution is 0.109. The summed E-state index contributed by atoms with van der Waals surface area (Å²) in [6.07, 6.45) is 3.50. The number of hydrogen-bond donors (Lipinski definition) is 2. The van der Waals surface area contributed by atoms with E-state index >= 15 is 0 Å². The Morgan fingerprint density at radius 1 is 1.29 bits per heavy atom. The van der Waals surface area contributed by atoms with Crippen LogP contribution in [0.4, 0.5) is 5.82 Å². The standard InChI is InChI=1S/C10H13N5O2/c1-16-9-12-6-7(11)13-10(15-8(6)14-9)17-5-3-2-4-5/h5H,2-4H2,1H3,(H3,11,12,13,14,15). The highest BCUT2D eigenvalue weighted by atomic mass is 16.5. The maximum absolute atomic E-state index is 5.80. The van der Waals surface area contributed by atoms with Gasteiger partial charge in [0, 0.05) is 0 Å². The van der Waals surface area contributed by atoms with Crippen molar-refractivity contribution in [2.24, 2.45) is 0 Å². The summed E-state index contributed by atoms with van der Waals surface area (Å²) < 4.78 is 10.6. The van der Waals surface area contributed by atoms with E-state index in [0.29, 0.717) is 23.0 Å². The van der Waals surface area contributed by atoms with E-state index < -0.39 is 0 Å². The lowest BCUT2D eigenvalue weighted by Gasteiger charge is -2.24. The second kappa shape index (κ2) is 3.76. The van der Waals surface area contributed by atoms with Crippen LogP contribution >= 0.6 is 0 Å². The van der Waals surface area contributed by atoms with E-state index in [-0.39, 0.29) is 12.1 Å². The van der Waals surface area contributed by atoms with Crippen LogP contribution in [0.3, 0.4) is 0 Å². The number of nitrogens with one attached hydrogen (secondary N) is 1. The van der Waals surface area contributed by atoms with Crippen molar-refractivity contribution in [3.8, 4) is 12.0 Å². The number of H-pyrrole nitrogens is 1. The Morgan fingerprint density at radius 2 is 2.12 bits per heavy atom. The van der Waals surface area contributed by atoms with Gasteiger partial charge in [-0.15, -0.1) is 0 Å². The molecule has 0 saturated heterocycles. The van der Waals surface area contributed by atoms with Crippen LogP contribution in [0.15, 0.2) is 0 Å². The van der Waals surface area contributed by atoms with Crippen LogP contribution in [0.2, 0.25) is 0 Å². The van der Waals surface area contributed by atoms with Crippen molar-refractivity contribution in [3.05, 3.63) is 0 Å². The second-order valence-electron chi connectivity index (χ2n) is 4.01. The summed E-state index contributed by atoms with van der Waals surface area (Å²) in [5.41, 5.74) is 6.84. The fraction of sp³-hybridized carbons (Fsp3) is 0.500. The van der Waals surface area contributed by atoms with Gasteiger partial charge < -0.3 is 20.2 Å². The van der Waals surface area contributed by atoms with Crippen LogP contribution < -0.4 is 15.2 Å². The normalized spacial score (nSPS) is 15.8. The van der Waals surface area contributed by atoms with Crippen molar-refractivity contribution < 1.29 is 9.47 Å². The number of nitrogens with two attached hydrogens (primary N) is 1. The molecule has 0 amide bonds. The highest BCUT2D eigenvalue weighted by Gasteiger charge is 2.21. The average Bonchev–Trinajstić information content (AvgIpc) is 2.67. The SMILES string of the molecule is COc1nc2nc(OC3CCC3)nc(N)c2[nH]1. The predicted octanol–water partition coefficient (Wildman–Crippen LogP) is 0.875. The van der Waals surface area contributed by atoms with Gasteiger partial charge in [-0.05, 0) is 19.3 Å². The summed E-state index contributed by atoms with van der Waals surface area (Å²) >= 11 is 0. The van der Waals surface area contributed by atoms with Gasteiger partial charge in [0.05, 0.1) is 7.11 Å². The lowest BCUT2D eigenvalue weighted by atomic mass is 9.96. The fourth-order valence-electron chi connectivity index (χ4n) is 1.66.